The number of nitrogens with two attached hydrogens (primary N) is 2. The molecule has 0 aromatic heterocycles. The van der Waals surface area contributed by atoms with Crippen LogP contribution in [0.15, 0.2) is 35.2 Å². The maximum atomic E-state index is 11.5. The molecule has 0 unspecified atom stereocenters. The van der Waals surface area contributed by atoms with Crippen molar-refractivity contribution in [2.45, 2.75) is 4.90 Å². The summed E-state index contributed by atoms with van der Waals surface area (Å²) in [5.41, 5.74) is 12.9. The average molecular weight is 324 g/mol. The molecular weight excluding hydrogens is 308 g/mol. The van der Waals surface area contributed by atoms with Crippen LogP contribution in [-0.2, 0) is 10.1 Å². The molecular formula is C14H16N2O5S. The van der Waals surface area contributed by atoms with E-state index in [-0.39, 0.29) is 11.4 Å². The fraction of sp³-hybridized carbons (Fsp3) is 0.143. The van der Waals surface area contributed by atoms with Crippen LogP contribution in [0, 0.1) is 0 Å². The highest BCUT2D eigenvalue weighted by Crippen LogP contribution is 2.36. The van der Waals surface area contributed by atoms with E-state index >= 15 is 0 Å². The molecule has 0 radical (unpaired) electrons. The third-order valence-electron chi connectivity index (χ3n) is 3.17. The summed E-state index contributed by atoms with van der Waals surface area (Å²) in [5, 5.41) is 0. The third-order valence-corrected chi connectivity index (χ3v) is 4.06. The van der Waals surface area contributed by atoms with Crippen molar-refractivity contribution < 1.29 is 22.4 Å². The summed E-state index contributed by atoms with van der Waals surface area (Å²) in [6.45, 7) is 0. The van der Waals surface area contributed by atoms with Crippen molar-refractivity contribution in [3.63, 3.8) is 0 Å². The van der Waals surface area contributed by atoms with Crippen LogP contribution in [0.4, 0.5) is 11.4 Å². The second-order valence-corrected chi connectivity index (χ2v) is 5.91. The molecule has 2 aromatic rings. The Labute approximate surface area is 128 Å². The first-order valence-electron chi connectivity index (χ1n) is 6.16. The summed E-state index contributed by atoms with van der Waals surface area (Å²) in [4.78, 5) is -0.419. The molecule has 0 bridgehead atoms. The number of benzene rings is 2. The van der Waals surface area contributed by atoms with Gasteiger partial charge in [0.05, 0.1) is 25.6 Å². The van der Waals surface area contributed by atoms with Crippen molar-refractivity contribution in [1.82, 2.24) is 0 Å². The van der Waals surface area contributed by atoms with Crippen LogP contribution in [0.3, 0.4) is 0 Å². The molecule has 8 heteroatoms. The average Bonchev–Trinajstić information content (AvgIpc) is 2.47. The summed E-state index contributed by atoms with van der Waals surface area (Å²) >= 11 is 0. The van der Waals surface area contributed by atoms with E-state index in [1.807, 2.05) is 0 Å². The summed E-state index contributed by atoms with van der Waals surface area (Å²) in [6.07, 6.45) is 0. The van der Waals surface area contributed by atoms with Crippen molar-refractivity contribution in [2.75, 3.05) is 25.7 Å². The Morgan fingerprint density at radius 2 is 1.55 bits per heavy atom. The van der Waals surface area contributed by atoms with Gasteiger partial charge in [0.25, 0.3) is 10.1 Å². The second-order valence-electron chi connectivity index (χ2n) is 4.52. The second kappa shape index (κ2) is 5.74. The van der Waals surface area contributed by atoms with E-state index in [1.54, 1.807) is 24.3 Å². The molecule has 118 valence electrons. The largest absolute Gasteiger partial charge is 0.495 e. The number of methoxy groups -OCH3 is 2. The van der Waals surface area contributed by atoms with Gasteiger partial charge in [-0.3, -0.25) is 4.55 Å². The summed E-state index contributed by atoms with van der Waals surface area (Å²) in [7, 11) is -1.65. The normalized spacial score (nSPS) is 11.2. The molecule has 2 aromatic carbocycles. The van der Waals surface area contributed by atoms with Gasteiger partial charge in [-0.15, -0.1) is 0 Å². The number of hydrogen-bond donors (Lipinski definition) is 3. The lowest BCUT2D eigenvalue weighted by Gasteiger charge is -2.13. The van der Waals surface area contributed by atoms with Crippen LogP contribution < -0.4 is 20.9 Å². The monoisotopic (exact) mass is 324 g/mol. The van der Waals surface area contributed by atoms with Crippen molar-refractivity contribution in [3.8, 4) is 22.6 Å². The lowest BCUT2D eigenvalue weighted by atomic mass is 10.0. The zero-order valence-electron chi connectivity index (χ0n) is 12.0. The molecule has 0 fully saturated rings. The molecule has 22 heavy (non-hydrogen) atoms. The topological polar surface area (TPSA) is 125 Å². The summed E-state index contributed by atoms with van der Waals surface area (Å²) < 4.78 is 42.4. The molecule has 0 aliphatic heterocycles. The number of ether oxygens (including phenoxy) is 2. The van der Waals surface area contributed by atoms with E-state index in [2.05, 4.69) is 0 Å². The minimum absolute atomic E-state index is 0.140. The van der Waals surface area contributed by atoms with E-state index in [1.165, 1.54) is 20.3 Å². The maximum Gasteiger partial charge on any atom is 0.296 e. The molecule has 7 nitrogen and oxygen atoms in total. The van der Waals surface area contributed by atoms with Gasteiger partial charge < -0.3 is 20.9 Å². The number of anilines is 2. The third kappa shape index (κ3) is 2.92. The molecule has 2 rings (SSSR count). The first-order chi connectivity index (χ1) is 10.3. The highest BCUT2D eigenvalue weighted by molar-refractivity contribution is 7.86. The standard InChI is InChI=1S/C14H16N2O5S/c1-20-11-5-8(3-4-10(11)15)9-6-12(21-2)14(16)13(7-9)22(17,18)19/h3-7H,15-16H2,1-2H3,(H,17,18,19). The van der Waals surface area contributed by atoms with Crippen LogP contribution in [0.2, 0.25) is 0 Å². The fourth-order valence-electron chi connectivity index (χ4n) is 2.04. The van der Waals surface area contributed by atoms with Crippen LogP contribution in [-0.4, -0.2) is 27.2 Å². The minimum atomic E-state index is -4.48. The number of rotatable bonds is 4. The molecule has 5 N–H and O–H groups in total. The van der Waals surface area contributed by atoms with Gasteiger partial charge in [-0.1, -0.05) is 6.07 Å². The van der Waals surface area contributed by atoms with Gasteiger partial charge in [0, 0.05) is 0 Å². The molecule has 0 heterocycles. The van der Waals surface area contributed by atoms with Crippen LogP contribution in [0.1, 0.15) is 0 Å². The van der Waals surface area contributed by atoms with E-state index < -0.39 is 15.0 Å². The van der Waals surface area contributed by atoms with E-state index in [9.17, 15) is 13.0 Å². The molecule has 0 saturated carbocycles. The molecule has 0 spiro atoms. The highest BCUT2D eigenvalue weighted by Gasteiger charge is 2.19. The zero-order chi connectivity index (χ0) is 16.5. The van der Waals surface area contributed by atoms with Crippen molar-refractivity contribution in [1.29, 1.82) is 0 Å². The first kappa shape index (κ1) is 15.9. The van der Waals surface area contributed by atoms with Gasteiger partial charge in [0.15, 0.2) is 0 Å². The molecule has 0 aliphatic carbocycles. The quantitative estimate of drug-likeness (QED) is 0.578. The predicted octanol–water partition coefficient (Wildman–Crippen LogP) is 1.78. The Kier molecular flexibility index (Phi) is 4.16. The number of hydrogen-bond acceptors (Lipinski definition) is 6. The Balaban J connectivity index is 2.71. The molecule has 0 amide bonds. The van der Waals surface area contributed by atoms with E-state index in [4.69, 9.17) is 20.9 Å². The molecule has 0 saturated heterocycles. The van der Waals surface area contributed by atoms with Gasteiger partial charge in [0.2, 0.25) is 0 Å². The lowest BCUT2D eigenvalue weighted by Crippen LogP contribution is -2.05. The van der Waals surface area contributed by atoms with Gasteiger partial charge in [-0.25, -0.2) is 0 Å². The lowest BCUT2D eigenvalue weighted by molar-refractivity contribution is 0.415. The van der Waals surface area contributed by atoms with Gasteiger partial charge in [-0.2, -0.15) is 8.42 Å². The minimum Gasteiger partial charge on any atom is -0.495 e. The van der Waals surface area contributed by atoms with Crippen molar-refractivity contribution >= 4 is 21.5 Å². The first-order valence-corrected chi connectivity index (χ1v) is 7.60. The maximum absolute atomic E-state index is 11.5. The predicted molar refractivity (Wildman–Crippen MR) is 83.6 cm³/mol. The number of nitrogen functional groups attached to an aromatic ring is 2. The Morgan fingerprint density at radius 1 is 0.955 bits per heavy atom. The summed E-state index contributed by atoms with van der Waals surface area (Å²) in [5.74, 6) is 0.586. The van der Waals surface area contributed by atoms with Crippen molar-refractivity contribution in [2.24, 2.45) is 0 Å². The van der Waals surface area contributed by atoms with E-state index in [0.717, 1.165) is 0 Å². The Hall–Kier alpha value is -2.45. The Bertz CT molecular complexity index is 818. The fourth-order valence-corrected chi connectivity index (χ4v) is 2.70. The zero-order valence-corrected chi connectivity index (χ0v) is 12.8. The molecule has 0 aliphatic rings. The van der Waals surface area contributed by atoms with Gasteiger partial charge in [0.1, 0.15) is 16.4 Å². The smallest absolute Gasteiger partial charge is 0.296 e. The van der Waals surface area contributed by atoms with Gasteiger partial charge >= 0.3 is 0 Å². The Morgan fingerprint density at radius 3 is 2.09 bits per heavy atom. The van der Waals surface area contributed by atoms with Crippen molar-refractivity contribution in [3.05, 3.63) is 30.3 Å². The SMILES string of the molecule is COc1cc(-c2cc(OC)c(N)c(S(=O)(=O)O)c2)ccc1N. The van der Waals surface area contributed by atoms with Crippen LogP contribution in [0.5, 0.6) is 11.5 Å². The van der Waals surface area contributed by atoms with Gasteiger partial charge in [-0.05, 0) is 35.4 Å². The van der Waals surface area contributed by atoms with Crippen LogP contribution in [0.25, 0.3) is 11.1 Å². The highest BCUT2D eigenvalue weighted by atomic mass is 32.2. The van der Waals surface area contributed by atoms with E-state index in [0.29, 0.717) is 22.6 Å². The van der Waals surface area contributed by atoms with Crippen LogP contribution >= 0.6 is 0 Å². The summed E-state index contributed by atoms with van der Waals surface area (Å²) in [6, 6.07) is 7.79. The molecule has 0 atom stereocenters.